The predicted octanol–water partition coefficient (Wildman–Crippen LogP) is 1.40. The van der Waals surface area contributed by atoms with Gasteiger partial charge in [-0.3, -0.25) is 4.79 Å². The Morgan fingerprint density at radius 2 is 2.25 bits per heavy atom. The van der Waals surface area contributed by atoms with Crippen LogP contribution < -0.4 is 5.32 Å². The molecule has 0 saturated carbocycles. The Kier molecular flexibility index (Phi) is 5.62. The fraction of sp³-hybridized carbons (Fsp3) is 0.917. The van der Waals surface area contributed by atoms with E-state index in [0.717, 1.165) is 13.1 Å². The summed E-state index contributed by atoms with van der Waals surface area (Å²) in [6.45, 7) is 7.12. The van der Waals surface area contributed by atoms with Crippen molar-refractivity contribution >= 4 is 18.5 Å². The SMILES string of the molecule is CC(C)C(S)C(=O)NCC1CCCN(C)C1. The van der Waals surface area contributed by atoms with Crippen LogP contribution in [-0.2, 0) is 4.79 Å². The van der Waals surface area contributed by atoms with Crippen LogP contribution in [0.2, 0.25) is 0 Å². The first-order valence-electron chi connectivity index (χ1n) is 6.15. The van der Waals surface area contributed by atoms with Gasteiger partial charge in [0.15, 0.2) is 0 Å². The van der Waals surface area contributed by atoms with E-state index in [4.69, 9.17) is 0 Å². The number of carbonyl (C=O) groups is 1. The predicted molar refractivity (Wildman–Crippen MR) is 70.8 cm³/mol. The van der Waals surface area contributed by atoms with Crippen molar-refractivity contribution in [1.82, 2.24) is 10.2 Å². The Balaban J connectivity index is 2.25. The molecule has 1 aliphatic heterocycles. The van der Waals surface area contributed by atoms with E-state index < -0.39 is 0 Å². The molecule has 1 fully saturated rings. The van der Waals surface area contributed by atoms with E-state index in [2.05, 4.69) is 29.9 Å². The normalized spacial score (nSPS) is 24.4. The van der Waals surface area contributed by atoms with Gasteiger partial charge in [-0.05, 0) is 38.3 Å². The highest BCUT2D eigenvalue weighted by Crippen LogP contribution is 2.14. The van der Waals surface area contributed by atoms with Crippen LogP contribution in [0.25, 0.3) is 0 Å². The van der Waals surface area contributed by atoms with Crippen molar-refractivity contribution in [3.8, 4) is 0 Å². The Hall–Kier alpha value is -0.220. The first-order chi connectivity index (χ1) is 7.50. The van der Waals surface area contributed by atoms with Crippen molar-refractivity contribution in [1.29, 1.82) is 0 Å². The molecule has 3 nitrogen and oxygen atoms in total. The van der Waals surface area contributed by atoms with Gasteiger partial charge in [-0.2, -0.15) is 12.6 Å². The molecule has 1 aliphatic rings. The molecular weight excluding hydrogens is 220 g/mol. The van der Waals surface area contributed by atoms with E-state index in [1.807, 2.05) is 13.8 Å². The van der Waals surface area contributed by atoms with E-state index in [1.54, 1.807) is 0 Å². The van der Waals surface area contributed by atoms with Gasteiger partial charge < -0.3 is 10.2 Å². The zero-order valence-corrected chi connectivity index (χ0v) is 11.5. The lowest BCUT2D eigenvalue weighted by Gasteiger charge is -2.30. The van der Waals surface area contributed by atoms with Gasteiger partial charge in [0.25, 0.3) is 0 Å². The van der Waals surface area contributed by atoms with Gasteiger partial charge in [0, 0.05) is 13.1 Å². The second kappa shape index (κ2) is 6.50. The van der Waals surface area contributed by atoms with Crippen molar-refractivity contribution in [3.63, 3.8) is 0 Å². The van der Waals surface area contributed by atoms with Crippen LogP contribution in [0.1, 0.15) is 26.7 Å². The standard InChI is InChI=1S/C12H24N2OS/c1-9(2)11(16)12(15)13-7-10-5-4-6-14(3)8-10/h9-11,16H,4-8H2,1-3H3,(H,13,15). The molecule has 4 heteroatoms. The molecule has 1 N–H and O–H groups in total. The van der Waals surface area contributed by atoms with E-state index in [0.29, 0.717) is 5.92 Å². The molecule has 0 aromatic heterocycles. The largest absolute Gasteiger partial charge is 0.355 e. The summed E-state index contributed by atoms with van der Waals surface area (Å²) in [7, 11) is 2.14. The summed E-state index contributed by atoms with van der Waals surface area (Å²) < 4.78 is 0. The van der Waals surface area contributed by atoms with Gasteiger partial charge in [-0.1, -0.05) is 13.8 Å². The molecule has 0 aliphatic carbocycles. The summed E-state index contributed by atoms with van der Waals surface area (Å²) in [4.78, 5) is 14.0. The lowest BCUT2D eigenvalue weighted by molar-refractivity contribution is -0.121. The molecule has 0 radical (unpaired) electrons. The van der Waals surface area contributed by atoms with Gasteiger partial charge in [-0.25, -0.2) is 0 Å². The minimum Gasteiger partial charge on any atom is -0.355 e. The summed E-state index contributed by atoms with van der Waals surface area (Å²) in [6.07, 6.45) is 2.47. The fourth-order valence-corrected chi connectivity index (χ4v) is 2.18. The maximum Gasteiger partial charge on any atom is 0.233 e. The van der Waals surface area contributed by atoms with Crippen molar-refractivity contribution in [2.45, 2.75) is 31.9 Å². The highest BCUT2D eigenvalue weighted by molar-refractivity contribution is 7.81. The third kappa shape index (κ3) is 4.34. The van der Waals surface area contributed by atoms with E-state index in [-0.39, 0.29) is 17.1 Å². The van der Waals surface area contributed by atoms with Crippen LogP contribution >= 0.6 is 12.6 Å². The molecule has 0 spiro atoms. The highest BCUT2D eigenvalue weighted by Gasteiger charge is 2.21. The van der Waals surface area contributed by atoms with Crippen LogP contribution in [0.4, 0.5) is 0 Å². The molecular formula is C12H24N2OS. The van der Waals surface area contributed by atoms with Crippen LogP contribution in [-0.4, -0.2) is 42.7 Å². The lowest BCUT2D eigenvalue weighted by atomic mass is 9.98. The Labute approximate surface area is 104 Å². The van der Waals surface area contributed by atoms with Gasteiger partial charge in [0.05, 0.1) is 5.25 Å². The second-order valence-electron chi connectivity index (χ2n) is 5.20. The summed E-state index contributed by atoms with van der Waals surface area (Å²) in [6, 6.07) is 0. The smallest absolute Gasteiger partial charge is 0.233 e. The van der Waals surface area contributed by atoms with Crippen LogP contribution in [0.15, 0.2) is 0 Å². The zero-order chi connectivity index (χ0) is 12.1. The number of likely N-dealkylation sites (tertiary alicyclic amines) is 1. The minimum atomic E-state index is -0.179. The number of thiol groups is 1. The molecule has 1 heterocycles. The topological polar surface area (TPSA) is 32.3 Å². The third-order valence-electron chi connectivity index (χ3n) is 3.19. The first kappa shape index (κ1) is 13.8. The number of hydrogen-bond donors (Lipinski definition) is 2. The van der Waals surface area contributed by atoms with Crippen molar-refractivity contribution in [2.75, 3.05) is 26.7 Å². The van der Waals surface area contributed by atoms with Gasteiger partial charge >= 0.3 is 0 Å². The summed E-state index contributed by atoms with van der Waals surface area (Å²) in [5.74, 6) is 0.972. The second-order valence-corrected chi connectivity index (χ2v) is 5.76. The van der Waals surface area contributed by atoms with Crippen LogP contribution in [0.5, 0.6) is 0 Å². The van der Waals surface area contributed by atoms with Crippen molar-refractivity contribution in [3.05, 3.63) is 0 Å². The molecule has 2 atom stereocenters. The highest BCUT2D eigenvalue weighted by atomic mass is 32.1. The maximum absolute atomic E-state index is 11.7. The average Bonchev–Trinajstić information content (AvgIpc) is 2.24. The molecule has 94 valence electrons. The van der Waals surface area contributed by atoms with E-state index in [1.165, 1.54) is 19.4 Å². The van der Waals surface area contributed by atoms with Crippen molar-refractivity contribution in [2.24, 2.45) is 11.8 Å². The number of amides is 1. The van der Waals surface area contributed by atoms with Gasteiger partial charge in [0.2, 0.25) is 5.91 Å². The Morgan fingerprint density at radius 3 is 2.81 bits per heavy atom. The quantitative estimate of drug-likeness (QED) is 0.733. The number of carbonyl (C=O) groups excluding carboxylic acids is 1. The van der Waals surface area contributed by atoms with Gasteiger partial charge in [-0.15, -0.1) is 0 Å². The fourth-order valence-electron chi connectivity index (χ4n) is 2.09. The first-order valence-corrected chi connectivity index (χ1v) is 6.66. The maximum atomic E-state index is 11.7. The number of rotatable bonds is 4. The summed E-state index contributed by atoms with van der Waals surface area (Å²) >= 11 is 4.31. The minimum absolute atomic E-state index is 0.0755. The van der Waals surface area contributed by atoms with Crippen molar-refractivity contribution < 1.29 is 4.79 Å². The molecule has 1 saturated heterocycles. The third-order valence-corrected chi connectivity index (χ3v) is 4.02. The molecule has 1 amide bonds. The van der Waals surface area contributed by atoms with Crippen LogP contribution in [0.3, 0.4) is 0 Å². The average molecular weight is 244 g/mol. The van der Waals surface area contributed by atoms with E-state index >= 15 is 0 Å². The Morgan fingerprint density at radius 1 is 1.56 bits per heavy atom. The number of hydrogen-bond acceptors (Lipinski definition) is 3. The Bertz CT molecular complexity index is 233. The molecule has 0 aromatic rings. The summed E-state index contributed by atoms with van der Waals surface area (Å²) in [5, 5.41) is 2.83. The monoisotopic (exact) mass is 244 g/mol. The molecule has 1 rings (SSSR count). The summed E-state index contributed by atoms with van der Waals surface area (Å²) in [5.41, 5.74) is 0. The molecule has 2 unspecified atom stereocenters. The zero-order valence-electron chi connectivity index (χ0n) is 10.6. The van der Waals surface area contributed by atoms with Crippen LogP contribution in [0, 0.1) is 11.8 Å². The number of nitrogens with one attached hydrogen (secondary N) is 1. The van der Waals surface area contributed by atoms with Gasteiger partial charge in [0.1, 0.15) is 0 Å². The number of nitrogens with zero attached hydrogens (tertiary/aromatic N) is 1. The number of piperidine rings is 1. The molecule has 16 heavy (non-hydrogen) atoms. The molecule has 0 aromatic carbocycles. The van der Waals surface area contributed by atoms with E-state index in [9.17, 15) is 4.79 Å². The molecule has 0 bridgehead atoms. The lowest BCUT2D eigenvalue weighted by Crippen LogP contribution is -2.42.